The molecule has 8 nitrogen and oxygen atoms in total. The van der Waals surface area contributed by atoms with E-state index >= 15 is 0 Å². The molecule has 0 aliphatic carbocycles. The van der Waals surface area contributed by atoms with Gasteiger partial charge in [-0.1, -0.05) is 51.3 Å². The van der Waals surface area contributed by atoms with Gasteiger partial charge in [-0.15, -0.1) is 0 Å². The van der Waals surface area contributed by atoms with Gasteiger partial charge in [0.2, 0.25) is 0 Å². The van der Waals surface area contributed by atoms with Crippen LogP contribution in [0, 0.1) is 0 Å². The van der Waals surface area contributed by atoms with Crippen LogP contribution in [0.1, 0.15) is 36.6 Å². The number of nitrogens with zero attached hydrogens (tertiary/aromatic N) is 1. The van der Waals surface area contributed by atoms with Crippen LogP contribution >= 0.6 is 39.1 Å². The summed E-state index contributed by atoms with van der Waals surface area (Å²) in [7, 11) is 1.53. The average molecular weight is 641 g/mol. The van der Waals surface area contributed by atoms with Crippen molar-refractivity contribution in [1.29, 1.82) is 0 Å². The zero-order valence-electron chi connectivity index (χ0n) is 20.8. The molecule has 0 fully saturated rings. The first kappa shape index (κ1) is 28.8. The Morgan fingerprint density at radius 1 is 0.875 bits per heavy atom. The summed E-state index contributed by atoms with van der Waals surface area (Å²) in [6, 6.07) is 22.4. The van der Waals surface area contributed by atoms with Crippen molar-refractivity contribution in [2.75, 3.05) is 12.4 Å². The Kier molecular flexibility index (Phi) is 9.55. The molecule has 0 aromatic heterocycles. The highest BCUT2D eigenvalue weighted by Crippen LogP contribution is 2.25. The summed E-state index contributed by atoms with van der Waals surface area (Å²) in [6.07, 6.45) is 1.34. The number of hydrazone groups is 1. The fraction of sp³-hybridized carbons (Fsp3) is 0.0345. The lowest BCUT2D eigenvalue weighted by atomic mass is 10.1. The number of nitrogens with one attached hydrogen (secondary N) is 2. The molecule has 0 spiro atoms. The summed E-state index contributed by atoms with van der Waals surface area (Å²) in [6.45, 7) is 0. The Balaban J connectivity index is 1.47. The molecule has 4 aromatic rings. The van der Waals surface area contributed by atoms with Gasteiger partial charge in [-0.05, 0) is 72.8 Å². The molecular weight excluding hydrogens is 621 g/mol. The number of rotatable bonds is 8. The van der Waals surface area contributed by atoms with Crippen LogP contribution in [0.4, 0.5) is 5.69 Å². The molecule has 202 valence electrons. The molecule has 11 heteroatoms. The van der Waals surface area contributed by atoms with Crippen molar-refractivity contribution in [1.82, 2.24) is 5.43 Å². The topological polar surface area (TPSA) is 106 Å². The molecule has 0 aliphatic heterocycles. The number of anilines is 1. The van der Waals surface area contributed by atoms with E-state index in [9.17, 15) is 14.4 Å². The number of para-hydroxylation sites is 1. The van der Waals surface area contributed by atoms with Crippen LogP contribution < -0.4 is 20.2 Å². The quantitative estimate of drug-likeness (QED) is 0.0934. The summed E-state index contributed by atoms with van der Waals surface area (Å²) < 4.78 is 11.4. The first-order valence-corrected chi connectivity index (χ1v) is 13.1. The molecule has 0 aliphatic rings. The predicted molar refractivity (Wildman–Crippen MR) is 158 cm³/mol. The summed E-state index contributed by atoms with van der Waals surface area (Å²) in [5.41, 5.74) is 3.81. The lowest BCUT2D eigenvalue weighted by molar-refractivity contribution is 0.0733. The van der Waals surface area contributed by atoms with Gasteiger partial charge in [-0.2, -0.15) is 5.10 Å². The number of esters is 1. The number of amides is 2. The summed E-state index contributed by atoms with van der Waals surface area (Å²) in [5.74, 6) is -0.827. The standard InChI is InChI=1S/C29H20BrCl2N3O5/c1-39-21-10-6-17(7-11-21)29(38)40-26-13-8-19(30)14-18(26)16-33-35-28(37)23-4-2-3-5-25(23)34-27(36)22-12-9-20(31)15-24(22)32/h2-16H,1H3,(H,34,36)(H,35,37)/b33-16-. The van der Waals surface area contributed by atoms with Crippen LogP contribution in [0.3, 0.4) is 0 Å². The van der Waals surface area contributed by atoms with Gasteiger partial charge in [0.05, 0.1) is 40.7 Å². The van der Waals surface area contributed by atoms with Crippen molar-refractivity contribution in [2.45, 2.75) is 0 Å². The molecule has 0 atom stereocenters. The highest BCUT2D eigenvalue weighted by molar-refractivity contribution is 9.10. The minimum absolute atomic E-state index is 0.165. The second-order valence-corrected chi connectivity index (χ2v) is 9.88. The zero-order chi connectivity index (χ0) is 28.6. The van der Waals surface area contributed by atoms with Crippen molar-refractivity contribution < 1.29 is 23.9 Å². The monoisotopic (exact) mass is 639 g/mol. The van der Waals surface area contributed by atoms with Gasteiger partial charge >= 0.3 is 5.97 Å². The number of carbonyl (C=O) groups excluding carboxylic acids is 3. The zero-order valence-corrected chi connectivity index (χ0v) is 23.9. The Morgan fingerprint density at radius 3 is 2.35 bits per heavy atom. The summed E-state index contributed by atoms with van der Waals surface area (Å²) >= 11 is 15.4. The highest BCUT2D eigenvalue weighted by Gasteiger charge is 2.16. The van der Waals surface area contributed by atoms with E-state index in [1.807, 2.05) is 0 Å². The third kappa shape index (κ3) is 7.26. The van der Waals surface area contributed by atoms with Crippen LogP contribution in [0.15, 0.2) is 94.5 Å². The Morgan fingerprint density at radius 2 is 1.62 bits per heavy atom. The number of benzene rings is 4. The second kappa shape index (κ2) is 13.3. The van der Waals surface area contributed by atoms with E-state index in [1.54, 1.807) is 66.7 Å². The fourth-order valence-electron chi connectivity index (χ4n) is 3.47. The van der Waals surface area contributed by atoms with Crippen LogP contribution in [-0.2, 0) is 0 Å². The molecule has 2 N–H and O–H groups in total. The molecule has 0 unspecified atom stereocenters. The molecular formula is C29H20BrCl2N3O5. The van der Waals surface area contributed by atoms with Crippen LogP contribution in [0.25, 0.3) is 0 Å². The minimum atomic E-state index is -0.582. The third-order valence-electron chi connectivity index (χ3n) is 5.47. The van der Waals surface area contributed by atoms with E-state index in [2.05, 4.69) is 31.8 Å². The first-order valence-electron chi connectivity index (χ1n) is 11.6. The van der Waals surface area contributed by atoms with Crippen molar-refractivity contribution in [3.8, 4) is 11.5 Å². The van der Waals surface area contributed by atoms with E-state index in [1.165, 1.54) is 31.5 Å². The largest absolute Gasteiger partial charge is 0.497 e. The lowest BCUT2D eigenvalue weighted by Crippen LogP contribution is -2.21. The van der Waals surface area contributed by atoms with Crippen molar-refractivity contribution in [3.63, 3.8) is 0 Å². The van der Waals surface area contributed by atoms with Gasteiger partial charge in [0.1, 0.15) is 11.5 Å². The number of hydrogen-bond acceptors (Lipinski definition) is 6. The van der Waals surface area contributed by atoms with Gasteiger partial charge in [0.15, 0.2) is 0 Å². The molecule has 0 bridgehead atoms. The highest BCUT2D eigenvalue weighted by atomic mass is 79.9. The summed E-state index contributed by atoms with van der Waals surface area (Å²) in [4.78, 5) is 38.3. The number of halogens is 3. The van der Waals surface area contributed by atoms with Crippen LogP contribution in [0.5, 0.6) is 11.5 Å². The molecule has 0 saturated carbocycles. The SMILES string of the molecule is COc1ccc(C(=O)Oc2ccc(Br)cc2/C=N\NC(=O)c2ccccc2NC(=O)c2ccc(Cl)cc2Cl)cc1. The maximum absolute atomic E-state index is 12.9. The number of carbonyl (C=O) groups is 3. The lowest BCUT2D eigenvalue weighted by Gasteiger charge is -2.11. The molecule has 4 aromatic carbocycles. The normalized spacial score (nSPS) is 10.7. The van der Waals surface area contributed by atoms with Gasteiger partial charge in [0.25, 0.3) is 11.8 Å². The molecule has 0 heterocycles. The van der Waals surface area contributed by atoms with Crippen LogP contribution in [0.2, 0.25) is 10.0 Å². The second-order valence-electron chi connectivity index (χ2n) is 8.12. The van der Waals surface area contributed by atoms with Gasteiger partial charge in [-0.3, -0.25) is 9.59 Å². The fourth-order valence-corrected chi connectivity index (χ4v) is 4.35. The molecule has 4 rings (SSSR count). The number of ether oxygens (including phenoxy) is 2. The van der Waals surface area contributed by atoms with E-state index in [0.29, 0.717) is 26.4 Å². The molecule has 2 amide bonds. The van der Waals surface area contributed by atoms with E-state index in [-0.39, 0.29) is 27.6 Å². The van der Waals surface area contributed by atoms with Gasteiger partial charge in [-0.25, -0.2) is 10.2 Å². The van der Waals surface area contributed by atoms with E-state index < -0.39 is 17.8 Å². The Bertz CT molecular complexity index is 1610. The molecule has 40 heavy (non-hydrogen) atoms. The van der Waals surface area contributed by atoms with Crippen molar-refractivity contribution in [3.05, 3.63) is 122 Å². The maximum Gasteiger partial charge on any atom is 0.343 e. The Hall–Kier alpha value is -4.18. The smallest absolute Gasteiger partial charge is 0.343 e. The number of hydrogen-bond donors (Lipinski definition) is 2. The van der Waals surface area contributed by atoms with Gasteiger partial charge in [0, 0.05) is 15.1 Å². The maximum atomic E-state index is 12.9. The van der Waals surface area contributed by atoms with E-state index in [0.717, 1.165) is 0 Å². The third-order valence-corrected chi connectivity index (χ3v) is 6.51. The van der Waals surface area contributed by atoms with E-state index in [4.69, 9.17) is 32.7 Å². The van der Waals surface area contributed by atoms with Gasteiger partial charge < -0.3 is 14.8 Å². The van der Waals surface area contributed by atoms with Crippen molar-refractivity contribution >= 4 is 68.8 Å². The molecule has 0 radical (unpaired) electrons. The van der Waals surface area contributed by atoms with Crippen LogP contribution in [-0.4, -0.2) is 31.1 Å². The first-order chi connectivity index (χ1) is 19.2. The number of methoxy groups -OCH3 is 1. The average Bonchev–Trinajstić information content (AvgIpc) is 2.94. The Labute approximate surface area is 248 Å². The predicted octanol–water partition coefficient (Wildman–Crippen LogP) is 7.00. The summed E-state index contributed by atoms with van der Waals surface area (Å²) in [5, 5.41) is 7.28. The minimum Gasteiger partial charge on any atom is -0.497 e. The molecule has 0 saturated heterocycles. The van der Waals surface area contributed by atoms with Crippen molar-refractivity contribution in [2.24, 2.45) is 5.10 Å².